The molecule has 0 spiro atoms. The fourth-order valence-electron chi connectivity index (χ4n) is 14.1. The van der Waals surface area contributed by atoms with Crippen molar-refractivity contribution in [2.24, 2.45) is 35.5 Å². The van der Waals surface area contributed by atoms with Gasteiger partial charge in [-0.1, -0.05) is 113 Å². The zero-order valence-electron chi connectivity index (χ0n) is 66.6. The molecule has 3 saturated heterocycles. The summed E-state index contributed by atoms with van der Waals surface area (Å²) in [5.74, 6) is -12.8. The van der Waals surface area contributed by atoms with E-state index in [4.69, 9.17) is 0 Å². The highest BCUT2D eigenvalue weighted by Crippen LogP contribution is 2.29. The Morgan fingerprint density at radius 3 is 1.39 bits per heavy atom. The number of hydrogen-bond donors (Lipinski definition) is 6. The van der Waals surface area contributed by atoms with Gasteiger partial charge in [-0.15, -0.1) is 0 Å². The number of carbonyl (C=O) groups is 12. The lowest BCUT2D eigenvalue weighted by Crippen LogP contribution is -2.63. The normalized spacial score (nSPS) is 26.8. The number of hydrogen-bond acceptors (Lipinski definition) is 14. The summed E-state index contributed by atoms with van der Waals surface area (Å²) in [7, 11) is 10.0. The predicted octanol–water partition coefficient (Wildman–Crippen LogP) is 5.22. The first-order chi connectivity index (χ1) is 49.0. The van der Waals surface area contributed by atoms with E-state index in [0.29, 0.717) is 31.5 Å². The molecule has 26 nitrogen and oxygen atoms in total. The summed E-state index contributed by atoms with van der Waals surface area (Å²) >= 11 is 0. The van der Waals surface area contributed by atoms with Crippen molar-refractivity contribution in [2.75, 3.05) is 75.5 Å². The topological polar surface area (TPSA) is 311 Å². The first-order valence-corrected chi connectivity index (χ1v) is 38.2. The zero-order valence-corrected chi connectivity index (χ0v) is 66.6. The Morgan fingerprint density at radius 2 is 0.914 bits per heavy atom. The second kappa shape index (κ2) is 41.7. The molecular formula is C77H129F2N13O13. The summed E-state index contributed by atoms with van der Waals surface area (Å²) in [6, 6.07) is -5.17. The summed E-state index contributed by atoms with van der Waals surface area (Å²) in [6.45, 7) is 23.4. The molecule has 3 fully saturated rings. The SMILES string of the molecule is CC(C)C[C@H]1C(=O)N[C@@H](C(C)C)C(=O)N(C)[C@@H](Cc2ccccc2)C(=O)N(C)[C@@H](CC(C)C)C(=O)N[C@@H](CCC[C@@H]2CC(F)(F)CN2)C(=O)N(C)[C@@H](CC(C)C)C(=O)N[C@@H]([C@@H](C)O)C(=O)N(C)[C@@H](CC(C)C)C(=O)N(C)[C@@H](CC(C)C)C(=O)N[C@H](C(=O)N2CCCCC2)CC(=O)N(C)CCCC(=O)N1C. The van der Waals surface area contributed by atoms with Crippen LogP contribution in [0.3, 0.4) is 0 Å². The molecule has 594 valence electrons. The van der Waals surface area contributed by atoms with Gasteiger partial charge in [0, 0.05) is 94.3 Å². The second-order valence-electron chi connectivity index (χ2n) is 32.3. The van der Waals surface area contributed by atoms with Crippen molar-refractivity contribution in [2.45, 2.75) is 271 Å². The first-order valence-electron chi connectivity index (χ1n) is 38.2. The van der Waals surface area contributed by atoms with Crippen molar-refractivity contribution >= 4 is 70.9 Å². The zero-order chi connectivity index (χ0) is 79.2. The lowest BCUT2D eigenvalue weighted by atomic mass is 9.96. The van der Waals surface area contributed by atoms with Crippen molar-refractivity contribution in [3.63, 3.8) is 0 Å². The number of benzene rings is 1. The summed E-state index contributed by atoms with van der Waals surface area (Å²) in [5.41, 5.74) is 0.653. The van der Waals surface area contributed by atoms with E-state index in [-0.39, 0.29) is 107 Å². The van der Waals surface area contributed by atoms with Gasteiger partial charge in [0.2, 0.25) is 70.9 Å². The quantitative estimate of drug-likeness (QED) is 0.104. The summed E-state index contributed by atoms with van der Waals surface area (Å²) in [6.07, 6.45) is 0.224. The number of nitrogens with zero attached hydrogens (tertiary/aromatic N) is 8. The van der Waals surface area contributed by atoms with Crippen molar-refractivity contribution in [3.8, 4) is 0 Å². The fraction of sp³-hybridized carbons (Fsp3) is 0.766. The highest BCUT2D eigenvalue weighted by molar-refractivity contribution is 6.00. The molecule has 6 N–H and O–H groups in total. The third kappa shape index (κ3) is 26.8. The highest BCUT2D eigenvalue weighted by Gasteiger charge is 2.45. The second-order valence-corrected chi connectivity index (χ2v) is 32.3. The predicted molar refractivity (Wildman–Crippen MR) is 398 cm³/mol. The van der Waals surface area contributed by atoms with E-state index in [1.54, 1.807) is 62.9 Å². The molecule has 1 aromatic rings. The molecule has 1 aromatic carbocycles. The minimum atomic E-state index is -2.97. The maximum Gasteiger partial charge on any atom is 0.261 e. The Labute approximate surface area is 623 Å². The van der Waals surface area contributed by atoms with Gasteiger partial charge < -0.3 is 70.9 Å². The average molecular weight is 1480 g/mol. The number of aliphatic hydroxyl groups is 1. The minimum Gasteiger partial charge on any atom is -0.391 e. The fourth-order valence-corrected chi connectivity index (χ4v) is 14.1. The molecule has 3 aliphatic heterocycles. The largest absolute Gasteiger partial charge is 0.391 e. The maximum atomic E-state index is 15.6. The van der Waals surface area contributed by atoms with Crippen LogP contribution in [-0.4, -0.2) is 269 Å². The molecular weight excluding hydrogens is 1350 g/mol. The maximum absolute atomic E-state index is 15.6. The van der Waals surface area contributed by atoms with Gasteiger partial charge in [0.05, 0.1) is 19.1 Å². The average Bonchev–Trinajstić information content (AvgIpc) is 1.61. The molecule has 3 heterocycles. The molecule has 0 unspecified atom stereocenters. The van der Waals surface area contributed by atoms with Crippen LogP contribution in [0.1, 0.15) is 192 Å². The molecule has 12 amide bonds. The molecule has 28 heteroatoms. The Balaban J connectivity index is 1.96. The first kappa shape index (κ1) is 90.0. The van der Waals surface area contributed by atoms with E-state index in [0.717, 1.165) is 16.2 Å². The smallest absolute Gasteiger partial charge is 0.261 e. The highest BCUT2D eigenvalue weighted by atomic mass is 19.3. The standard InChI is InChI=1S/C77H129F2N13O13/c1-46(2)37-57-69(98)83-65(51(11)12)75(104)91(20)62(42-53-29-23-21-24-30-53)74(103)89(18)58(38-47(3)4)67(96)81-55(32-27-31-54-44-77(78,79)45-80-54)71(100)87(16)60(40-49(7)8)70(99)84-66(52(13)93)76(105)90(19)61(41-50(9)10)73(102)88(17)59(39-48(5)6)68(97)82-56(72(101)92-35-25-22-26-36-92)43-64(95)85(14)34-28-33-63(94)86(57)15/h21,23-24,29-30,46-52,54-62,65-66,80,93H,22,25-28,31-45H2,1-20H3,(H,81,96)(H,82,97)(H,83,98)(H,84,99)/t52-,54-,55+,56+,57+,58+,59+,60+,61+,62+,65+,66+/m1/s1. The monoisotopic (exact) mass is 1480 g/mol. The number of likely N-dealkylation sites (tertiary alicyclic amines) is 1. The number of nitrogens with one attached hydrogen (secondary N) is 5. The molecule has 3 aliphatic rings. The van der Waals surface area contributed by atoms with Crippen LogP contribution in [-0.2, 0) is 64.0 Å². The van der Waals surface area contributed by atoms with Crippen LogP contribution >= 0.6 is 0 Å². The van der Waals surface area contributed by atoms with Gasteiger partial charge in [-0.3, -0.25) is 57.5 Å². The molecule has 0 aliphatic carbocycles. The number of carbonyl (C=O) groups excluding carboxylic acids is 12. The van der Waals surface area contributed by atoms with E-state index in [1.165, 1.54) is 80.8 Å². The van der Waals surface area contributed by atoms with E-state index in [9.17, 15) is 37.9 Å². The lowest BCUT2D eigenvalue weighted by molar-refractivity contribution is -0.152. The summed E-state index contributed by atoms with van der Waals surface area (Å²) < 4.78 is 29.1. The number of piperidine rings is 1. The van der Waals surface area contributed by atoms with Gasteiger partial charge in [0.15, 0.2) is 0 Å². The summed E-state index contributed by atoms with van der Waals surface area (Å²) in [4.78, 5) is 190. The van der Waals surface area contributed by atoms with E-state index < -0.39 is 175 Å². The Bertz CT molecular complexity index is 3080. The number of amides is 12. The third-order valence-corrected chi connectivity index (χ3v) is 20.6. The molecule has 4 rings (SSSR count). The number of alkyl halides is 2. The van der Waals surface area contributed by atoms with E-state index in [1.807, 2.05) is 55.4 Å². The molecule has 0 saturated carbocycles. The van der Waals surface area contributed by atoms with Crippen molar-refractivity contribution in [1.82, 2.24) is 65.8 Å². The van der Waals surface area contributed by atoms with Gasteiger partial charge >= 0.3 is 0 Å². The van der Waals surface area contributed by atoms with Gasteiger partial charge in [-0.25, -0.2) is 8.78 Å². The Kier molecular flexibility index (Phi) is 35.7. The van der Waals surface area contributed by atoms with Crippen molar-refractivity contribution in [1.29, 1.82) is 0 Å². The van der Waals surface area contributed by atoms with Crippen LogP contribution in [0.4, 0.5) is 8.78 Å². The lowest BCUT2D eigenvalue weighted by Gasteiger charge is -2.38. The third-order valence-electron chi connectivity index (χ3n) is 20.6. The van der Waals surface area contributed by atoms with Crippen LogP contribution in [0, 0.1) is 35.5 Å². The van der Waals surface area contributed by atoms with Gasteiger partial charge in [-0.05, 0) is 125 Å². The van der Waals surface area contributed by atoms with Gasteiger partial charge in [0.25, 0.3) is 5.92 Å². The molecule has 0 aromatic heterocycles. The van der Waals surface area contributed by atoms with Crippen LogP contribution in [0.2, 0.25) is 0 Å². The van der Waals surface area contributed by atoms with Gasteiger partial charge in [0.1, 0.15) is 60.4 Å². The minimum absolute atomic E-state index is 0.0148. The molecule has 12 atom stereocenters. The van der Waals surface area contributed by atoms with Crippen LogP contribution in [0.25, 0.3) is 0 Å². The van der Waals surface area contributed by atoms with Crippen LogP contribution in [0.5, 0.6) is 0 Å². The Hall–Kier alpha value is -7.36. The number of halogens is 2. The number of likely N-dealkylation sites (N-methyl/N-ethyl adjacent to an activating group) is 6. The van der Waals surface area contributed by atoms with Crippen LogP contribution in [0.15, 0.2) is 30.3 Å². The Morgan fingerprint density at radius 1 is 0.486 bits per heavy atom. The molecule has 0 bridgehead atoms. The van der Waals surface area contributed by atoms with Gasteiger partial charge in [-0.2, -0.15) is 0 Å². The number of aliphatic hydroxyl groups excluding tert-OH is 1. The molecule has 0 radical (unpaired) electrons. The number of rotatable bonds is 19. The van der Waals surface area contributed by atoms with Crippen LogP contribution < -0.4 is 26.6 Å². The molecule has 105 heavy (non-hydrogen) atoms. The van der Waals surface area contributed by atoms with E-state index >= 15 is 33.6 Å². The van der Waals surface area contributed by atoms with Crippen molar-refractivity contribution in [3.05, 3.63) is 35.9 Å². The van der Waals surface area contributed by atoms with Crippen molar-refractivity contribution < 1.29 is 71.4 Å². The van der Waals surface area contributed by atoms with E-state index in [2.05, 4.69) is 26.6 Å². The summed E-state index contributed by atoms with van der Waals surface area (Å²) in [5, 5.41) is 25.7.